The summed E-state index contributed by atoms with van der Waals surface area (Å²) in [5, 5.41) is 15.6. The van der Waals surface area contributed by atoms with Crippen molar-refractivity contribution < 1.29 is 26.7 Å². The average Bonchev–Trinajstić information content (AvgIpc) is 3.79. The van der Waals surface area contributed by atoms with Gasteiger partial charge in [-0.25, -0.2) is 0 Å². The molecule has 0 aromatic heterocycles. The van der Waals surface area contributed by atoms with Gasteiger partial charge in [0.1, 0.15) is 25.5 Å². The molecule has 4 aliphatic rings. The maximum atomic E-state index is 8.52. The summed E-state index contributed by atoms with van der Waals surface area (Å²) in [6, 6.07) is 33.7. The van der Waals surface area contributed by atoms with Crippen molar-refractivity contribution in [2.45, 2.75) is 77.3 Å². The third kappa shape index (κ3) is 7.86. The van der Waals surface area contributed by atoms with E-state index in [0.717, 1.165) is 45.7 Å². The Kier molecular flexibility index (Phi) is 11.2. The van der Waals surface area contributed by atoms with E-state index in [2.05, 4.69) is 123 Å². The normalized spacial score (nSPS) is 20.7. The Balaban J connectivity index is 0.000000167. The van der Waals surface area contributed by atoms with Gasteiger partial charge in [-0.1, -0.05) is 83.9 Å². The van der Waals surface area contributed by atoms with Gasteiger partial charge in [0, 0.05) is 46.5 Å². The minimum Gasteiger partial charge on any atom is -0.759 e. The van der Waals surface area contributed by atoms with Gasteiger partial charge in [-0.05, 0) is 65.8 Å². The van der Waals surface area contributed by atoms with E-state index in [1.54, 1.807) is 0 Å². The van der Waals surface area contributed by atoms with Crippen LogP contribution >= 0.6 is 23.2 Å². The van der Waals surface area contributed by atoms with Crippen molar-refractivity contribution in [3.05, 3.63) is 118 Å². The van der Waals surface area contributed by atoms with Crippen LogP contribution in [0.3, 0.4) is 0 Å². The molecule has 4 heterocycles. The van der Waals surface area contributed by atoms with E-state index in [4.69, 9.17) is 50.9 Å². The number of benzene rings is 4. The molecule has 0 radical (unpaired) electrons. The van der Waals surface area contributed by atoms with Crippen LogP contribution in [0.25, 0.3) is 0 Å². The Bertz CT molecular complexity index is 2230. The van der Waals surface area contributed by atoms with Crippen molar-refractivity contribution in [1.82, 2.24) is 0 Å². The first-order chi connectivity index (χ1) is 25.8. The molecule has 0 saturated carbocycles. The third-order valence-electron chi connectivity index (χ3n) is 10.7. The highest BCUT2D eigenvalue weighted by molar-refractivity contribution is 7.79. The summed E-state index contributed by atoms with van der Waals surface area (Å²) in [4.78, 5) is 0. The van der Waals surface area contributed by atoms with Crippen LogP contribution in [0.4, 0.5) is 22.7 Å². The Morgan fingerprint density at radius 3 is 1.25 bits per heavy atom. The lowest BCUT2D eigenvalue weighted by molar-refractivity contribution is -0.400. The van der Waals surface area contributed by atoms with Crippen molar-refractivity contribution in [3.8, 4) is 0 Å². The fourth-order valence-electron chi connectivity index (χ4n) is 8.45. The van der Waals surface area contributed by atoms with Gasteiger partial charge < -0.3 is 9.11 Å². The van der Waals surface area contributed by atoms with E-state index in [9.17, 15) is 0 Å². The Morgan fingerprint density at radius 2 is 0.927 bits per heavy atom. The number of nitrogens with zero attached hydrogens (tertiary/aromatic N) is 6. The van der Waals surface area contributed by atoms with Gasteiger partial charge in [0.05, 0.1) is 44.3 Å². The van der Waals surface area contributed by atoms with Gasteiger partial charge in [-0.15, -0.1) is 0 Å². The first kappa shape index (κ1) is 40.3. The Hall–Kier alpha value is -4.39. The molecule has 4 aliphatic heterocycles. The fourth-order valence-corrected chi connectivity index (χ4v) is 8.89. The number of para-hydroxylation sites is 4. The Morgan fingerprint density at radius 1 is 0.618 bits per heavy atom. The van der Waals surface area contributed by atoms with E-state index in [0.29, 0.717) is 0 Å². The van der Waals surface area contributed by atoms with Crippen LogP contribution < -0.4 is 10.0 Å². The number of hydrogen-bond donors (Lipinski definition) is 0. The van der Waals surface area contributed by atoms with Crippen molar-refractivity contribution in [2.75, 3.05) is 24.1 Å². The molecule has 0 fully saturated rings. The largest absolute Gasteiger partial charge is 0.759 e. The van der Waals surface area contributed by atoms with Gasteiger partial charge in [-0.3, -0.25) is 18.4 Å². The maximum Gasteiger partial charge on any atom is 0.215 e. The van der Waals surface area contributed by atoms with Gasteiger partial charge in [0.25, 0.3) is 0 Å². The SMILES string of the molecule is CC1CC(C2=[N+](C)c3ccccc3C2(C)C)=NN1c1ccccc1Cl.CC1CC(C2=[N+](C)c3ccccc3C2(C)C)=NN1c1ccccc1Cl.O=S(=O)([O-])[O-]. The molecular formula is C42H46Cl2N6O4S. The minimum absolute atomic E-state index is 0.0552. The van der Waals surface area contributed by atoms with Crippen molar-refractivity contribution >= 4 is 79.2 Å². The van der Waals surface area contributed by atoms with Crippen LogP contribution in [0.1, 0.15) is 65.5 Å². The van der Waals surface area contributed by atoms with E-state index in [-0.39, 0.29) is 22.9 Å². The first-order valence-electron chi connectivity index (χ1n) is 18.1. The number of hydrazone groups is 2. The molecular weight excluding hydrogens is 755 g/mol. The van der Waals surface area contributed by atoms with Crippen LogP contribution in [-0.2, 0) is 21.2 Å². The van der Waals surface area contributed by atoms with Gasteiger partial charge in [-0.2, -0.15) is 19.4 Å². The molecule has 0 bridgehead atoms. The maximum absolute atomic E-state index is 8.52. The third-order valence-corrected chi connectivity index (χ3v) is 11.4. The molecule has 8 rings (SSSR count). The average molecular weight is 802 g/mol. The quantitative estimate of drug-likeness (QED) is 0.116. The second-order valence-corrected chi connectivity index (χ2v) is 16.9. The standard InChI is InChI=1S/2C21H23ClN3.H2O4S/c2*1-14-13-17(23-25(14)19-12-8-6-10-16(19)22)20-21(2,3)15-9-5-7-11-18(15)24(20)4;1-5(2,3)4/h2*5-12,14H,13H2,1-4H3;(H2,1,2,3,4)/q2*+1;/p-2. The number of hydrogen-bond acceptors (Lipinski definition) is 8. The second kappa shape index (κ2) is 15.3. The predicted molar refractivity (Wildman–Crippen MR) is 222 cm³/mol. The van der Waals surface area contributed by atoms with Gasteiger partial charge in [0.15, 0.2) is 0 Å². The summed E-state index contributed by atoms with van der Waals surface area (Å²) >= 11 is 12.8. The predicted octanol–water partition coefficient (Wildman–Crippen LogP) is 8.66. The number of fused-ring (bicyclic) bond motifs is 2. The summed E-state index contributed by atoms with van der Waals surface area (Å²) < 4.78 is 38.7. The molecule has 0 saturated heterocycles. The lowest BCUT2D eigenvalue weighted by Crippen LogP contribution is -2.35. The summed E-state index contributed by atoms with van der Waals surface area (Å²) in [6.45, 7) is 13.6. The molecule has 13 heteroatoms. The Labute approximate surface area is 334 Å². The molecule has 288 valence electrons. The van der Waals surface area contributed by atoms with E-state index in [1.807, 2.05) is 48.5 Å². The highest BCUT2D eigenvalue weighted by atomic mass is 35.5. The molecule has 55 heavy (non-hydrogen) atoms. The zero-order valence-corrected chi connectivity index (χ0v) is 34.6. The lowest BCUT2D eigenvalue weighted by atomic mass is 9.79. The monoisotopic (exact) mass is 800 g/mol. The molecule has 0 amide bonds. The van der Waals surface area contributed by atoms with Crippen molar-refractivity contribution in [3.63, 3.8) is 0 Å². The van der Waals surface area contributed by atoms with E-state index < -0.39 is 10.4 Å². The van der Waals surface area contributed by atoms with E-state index >= 15 is 0 Å². The van der Waals surface area contributed by atoms with Crippen molar-refractivity contribution in [1.29, 1.82) is 0 Å². The minimum atomic E-state index is -5.17. The zero-order chi connectivity index (χ0) is 40.0. The summed E-state index contributed by atoms with van der Waals surface area (Å²) in [5.41, 5.74) is 12.0. The molecule has 2 atom stereocenters. The number of anilines is 2. The highest BCUT2D eigenvalue weighted by Gasteiger charge is 2.50. The van der Waals surface area contributed by atoms with Gasteiger partial charge in [0.2, 0.25) is 22.8 Å². The molecule has 0 N–H and O–H groups in total. The summed E-state index contributed by atoms with van der Waals surface area (Å²) in [6.07, 6.45) is 1.84. The summed E-state index contributed by atoms with van der Waals surface area (Å²) in [7, 11) is -0.873. The zero-order valence-electron chi connectivity index (χ0n) is 32.3. The first-order valence-corrected chi connectivity index (χ1v) is 20.2. The highest BCUT2D eigenvalue weighted by Crippen LogP contribution is 2.43. The lowest BCUT2D eigenvalue weighted by Gasteiger charge is -2.20. The number of halogens is 2. The van der Waals surface area contributed by atoms with Crippen LogP contribution in [-0.4, -0.2) is 75.7 Å². The number of rotatable bonds is 4. The molecule has 4 aromatic rings. The van der Waals surface area contributed by atoms with Crippen LogP contribution in [0, 0.1) is 0 Å². The van der Waals surface area contributed by atoms with Crippen LogP contribution in [0.5, 0.6) is 0 Å². The molecule has 0 spiro atoms. The smallest absolute Gasteiger partial charge is 0.215 e. The molecule has 4 aromatic carbocycles. The molecule has 0 aliphatic carbocycles. The molecule has 2 unspecified atom stereocenters. The van der Waals surface area contributed by atoms with Crippen LogP contribution in [0.15, 0.2) is 107 Å². The van der Waals surface area contributed by atoms with E-state index in [1.165, 1.54) is 33.9 Å². The summed E-state index contributed by atoms with van der Waals surface area (Å²) in [5.74, 6) is 0. The van der Waals surface area contributed by atoms with Crippen molar-refractivity contribution in [2.24, 2.45) is 10.2 Å². The topological polar surface area (TPSA) is 117 Å². The molecule has 10 nitrogen and oxygen atoms in total. The fraction of sp³-hybridized carbons (Fsp3) is 0.333. The van der Waals surface area contributed by atoms with Crippen LogP contribution in [0.2, 0.25) is 10.0 Å². The second-order valence-electron chi connectivity index (χ2n) is 15.3. The van der Waals surface area contributed by atoms with Gasteiger partial charge >= 0.3 is 0 Å².